The number of amides is 1. The lowest BCUT2D eigenvalue weighted by atomic mass is 10.1. The van der Waals surface area contributed by atoms with Crippen molar-refractivity contribution >= 4 is 34.2 Å². The van der Waals surface area contributed by atoms with E-state index in [0.717, 1.165) is 15.6 Å². The number of nitrogens with zero attached hydrogens (tertiary/aromatic N) is 2. The summed E-state index contributed by atoms with van der Waals surface area (Å²) in [6.07, 6.45) is 3.53. The molecular weight excluding hydrogens is 356 g/mol. The van der Waals surface area contributed by atoms with Gasteiger partial charge in [0, 0.05) is 29.8 Å². The Hall–Kier alpha value is -1.37. The molecule has 0 fully saturated rings. The Labute approximate surface area is 138 Å². The number of benzene rings is 1. The number of likely N-dealkylation sites (N-methyl/N-ethyl adjacent to an activating group) is 1. The van der Waals surface area contributed by atoms with E-state index in [2.05, 4.69) is 31.7 Å². The summed E-state index contributed by atoms with van der Waals surface area (Å²) < 4.78 is 2.71. The fraction of sp³-hybridized carbons (Fsp3) is 0.286. The number of hydrogen-bond acceptors (Lipinski definition) is 3. The molecule has 0 spiro atoms. The van der Waals surface area contributed by atoms with E-state index in [-0.39, 0.29) is 24.4 Å². The van der Waals surface area contributed by atoms with Crippen LogP contribution in [0, 0.1) is 0 Å². The first-order chi connectivity index (χ1) is 9.60. The Morgan fingerprint density at radius 3 is 2.57 bits per heavy atom. The van der Waals surface area contributed by atoms with Gasteiger partial charge in [0.2, 0.25) is 5.91 Å². The van der Waals surface area contributed by atoms with Crippen LogP contribution in [0.1, 0.15) is 17.2 Å². The Morgan fingerprint density at radius 2 is 2.05 bits per heavy atom. The SMILES string of the molecule is CNC(C(=O)NCc1ccc(Br)cc1)c1cnn(C)c1.Cl. The first-order valence-electron chi connectivity index (χ1n) is 6.28. The second-order valence-corrected chi connectivity index (χ2v) is 5.43. The number of rotatable bonds is 5. The number of carbonyl (C=O) groups excluding carboxylic acids is 1. The minimum Gasteiger partial charge on any atom is -0.350 e. The van der Waals surface area contributed by atoms with Crippen LogP contribution in [0.15, 0.2) is 41.1 Å². The van der Waals surface area contributed by atoms with Crippen molar-refractivity contribution in [1.29, 1.82) is 0 Å². The summed E-state index contributed by atoms with van der Waals surface area (Å²) in [5.41, 5.74) is 1.91. The second-order valence-electron chi connectivity index (χ2n) is 4.51. The number of aryl methyl sites for hydroxylation is 1. The molecule has 114 valence electrons. The summed E-state index contributed by atoms with van der Waals surface area (Å²) in [4.78, 5) is 12.2. The smallest absolute Gasteiger partial charge is 0.242 e. The van der Waals surface area contributed by atoms with Gasteiger partial charge in [-0.1, -0.05) is 28.1 Å². The van der Waals surface area contributed by atoms with Crippen LogP contribution in [0.25, 0.3) is 0 Å². The van der Waals surface area contributed by atoms with Crippen LogP contribution in [-0.4, -0.2) is 22.7 Å². The van der Waals surface area contributed by atoms with Crippen molar-refractivity contribution in [1.82, 2.24) is 20.4 Å². The number of aromatic nitrogens is 2. The summed E-state index contributed by atoms with van der Waals surface area (Å²) in [5, 5.41) is 10.0. The molecule has 5 nitrogen and oxygen atoms in total. The van der Waals surface area contributed by atoms with E-state index >= 15 is 0 Å². The summed E-state index contributed by atoms with van der Waals surface area (Å²) in [7, 11) is 3.59. The topological polar surface area (TPSA) is 59.0 Å². The average Bonchev–Trinajstić information content (AvgIpc) is 2.85. The molecule has 1 aromatic carbocycles. The van der Waals surface area contributed by atoms with Crippen molar-refractivity contribution in [3.8, 4) is 0 Å². The van der Waals surface area contributed by atoms with Gasteiger partial charge >= 0.3 is 0 Å². The van der Waals surface area contributed by atoms with Crippen LogP contribution in [0.3, 0.4) is 0 Å². The van der Waals surface area contributed by atoms with Crippen LogP contribution >= 0.6 is 28.3 Å². The minimum atomic E-state index is -0.390. The van der Waals surface area contributed by atoms with Gasteiger partial charge in [0.1, 0.15) is 6.04 Å². The summed E-state index contributed by atoms with van der Waals surface area (Å²) in [6.45, 7) is 0.505. The normalized spacial score (nSPS) is 11.6. The maximum Gasteiger partial charge on any atom is 0.242 e. The quantitative estimate of drug-likeness (QED) is 0.844. The van der Waals surface area contributed by atoms with Gasteiger partial charge in [-0.05, 0) is 24.7 Å². The highest BCUT2D eigenvalue weighted by Crippen LogP contribution is 2.13. The molecule has 1 unspecified atom stereocenters. The van der Waals surface area contributed by atoms with Crippen molar-refractivity contribution in [3.63, 3.8) is 0 Å². The Bertz CT molecular complexity index is 585. The van der Waals surface area contributed by atoms with Gasteiger partial charge in [0.05, 0.1) is 6.20 Å². The zero-order valence-electron chi connectivity index (χ0n) is 11.8. The van der Waals surface area contributed by atoms with Gasteiger partial charge in [-0.3, -0.25) is 9.48 Å². The molecule has 1 atom stereocenters. The molecule has 0 aliphatic heterocycles. The monoisotopic (exact) mass is 372 g/mol. The molecule has 0 bridgehead atoms. The molecule has 7 heteroatoms. The van der Waals surface area contributed by atoms with E-state index < -0.39 is 0 Å². The molecule has 2 rings (SSSR count). The van der Waals surface area contributed by atoms with Gasteiger partial charge in [-0.2, -0.15) is 5.10 Å². The lowest BCUT2D eigenvalue weighted by molar-refractivity contribution is -0.123. The Balaban J connectivity index is 0.00000220. The van der Waals surface area contributed by atoms with Crippen molar-refractivity contribution in [2.75, 3.05) is 7.05 Å². The molecule has 0 aliphatic carbocycles. The fourth-order valence-electron chi connectivity index (χ4n) is 1.93. The Morgan fingerprint density at radius 1 is 1.38 bits per heavy atom. The first-order valence-corrected chi connectivity index (χ1v) is 7.07. The van der Waals surface area contributed by atoms with E-state index in [1.165, 1.54) is 0 Å². The molecule has 0 saturated heterocycles. The highest BCUT2D eigenvalue weighted by atomic mass is 79.9. The predicted molar refractivity (Wildman–Crippen MR) is 88.2 cm³/mol. The van der Waals surface area contributed by atoms with Gasteiger partial charge < -0.3 is 10.6 Å². The standard InChI is InChI=1S/C14H17BrN4O.ClH/c1-16-13(11-8-18-19(2)9-11)14(20)17-7-10-3-5-12(15)6-4-10;/h3-6,8-9,13,16H,7H2,1-2H3,(H,17,20);1H. The largest absolute Gasteiger partial charge is 0.350 e. The predicted octanol–water partition coefficient (Wildman–Crippen LogP) is 2.18. The third-order valence-corrected chi connectivity index (χ3v) is 3.52. The number of hydrogen-bond donors (Lipinski definition) is 2. The molecule has 1 heterocycles. The molecule has 1 aromatic heterocycles. The van der Waals surface area contributed by atoms with Gasteiger partial charge in [-0.15, -0.1) is 12.4 Å². The molecule has 21 heavy (non-hydrogen) atoms. The summed E-state index contributed by atoms with van der Waals surface area (Å²) >= 11 is 3.39. The molecule has 2 aromatic rings. The highest BCUT2D eigenvalue weighted by Gasteiger charge is 2.19. The van der Waals surface area contributed by atoms with E-state index in [1.54, 1.807) is 17.9 Å². The number of halogens is 2. The van der Waals surface area contributed by atoms with Gasteiger partial charge in [0.15, 0.2) is 0 Å². The average molecular weight is 374 g/mol. The van der Waals surface area contributed by atoms with E-state index in [9.17, 15) is 4.79 Å². The number of carbonyl (C=O) groups is 1. The number of nitrogens with one attached hydrogen (secondary N) is 2. The fourth-order valence-corrected chi connectivity index (χ4v) is 2.20. The third-order valence-electron chi connectivity index (χ3n) is 2.99. The van der Waals surface area contributed by atoms with Gasteiger partial charge in [0.25, 0.3) is 0 Å². The van der Waals surface area contributed by atoms with Crippen LogP contribution in [-0.2, 0) is 18.4 Å². The summed E-state index contributed by atoms with van der Waals surface area (Å²) in [6, 6.07) is 7.47. The second kappa shape index (κ2) is 8.17. The first kappa shape index (κ1) is 17.7. The van der Waals surface area contributed by atoms with Crippen LogP contribution in [0.4, 0.5) is 0 Å². The molecule has 0 radical (unpaired) electrons. The molecule has 1 amide bonds. The van der Waals surface area contributed by atoms with Crippen LogP contribution < -0.4 is 10.6 Å². The zero-order valence-corrected chi connectivity index (χ0v) is 14.2. The summed E-state index contributed by atoms with van der Waals surface area (Å²) in [5.74, 6) is -0.0663. The lowest BCUT2D eigenvalue weighted by Crippen LogP contribution is -2.35. The molecule has 2 N–H and O–H groups in total. The molecule has 0 aliphatic rings. The van der Waals surface area contributed by atoms with Crippen molar-refractivity contribution in [3.05, 3.63) is 52.3 Å². The van der Waals surface area contributed by atoms with Crippen molar-refractivity contribution in [2.45, 2.75) is 12.6 Å². The van der Waals surface area contributed by atoms with E-state index in [4.69, 9.17) is 0 Å². The van der Waals surface area contributed by atoms with Crippen molar-refractivity contribution < 1.29 is 4.79 Å². The molecule has 0 saturated carbocycles. The maximum absolute atomic E-state index is 12.2. The zero-order chi connectivity index (χ0) is 14.5. The minimum absolute atomic E-state index is 0. The van der Waals surface area contributed by atoms with Crippen LogP contribution in [0.2, 0.25) is 0 Å². The highest BCUT2D eigenvalue weighted by molar-refractivity contribution is 9.10. The third kappa shape index (κ3) is 4.84. The lowest BCUT2D eigenvalue weighted by Gasteiger charge is -2.14. The molecular formula is C14H18BrClN4O. The van der Waals surface area contributed by atoms with Crippen molar-refractivity contribution in [2.24, 2.45) is 7.05 Å². The van der Waals surface area contributed by atoms with Gasteiger partial charge in [-0.25, -0.2) is 0 Å². The van der Waals surface area contributed by atoms with Crippen LogP contribution in [0.5, 0.6) is 0 Å². The van der Waals surface area contributed by atoms with E-state index in [0.29, 0.717) is 6.54 Å². The maximum atomic E-state index is 12.2. The Kier molecular flexibility index (Phi) is 6.87. The van der Waals surface area contributed by atoms with E-state index in [1.807, 2.05) is 37.5 Å².